The van der Waals surface area contributed by atoms with Crippen molar-refractivity contribution in [2.45, 2.75) is 26.9 Å². The molecular formula is C21H21NO4. The van der Waals surface area contributed by atoms with Crippen LogP contribution in [0.15, 0.2) is 48.7 Å². The van der Waals surface area contributed by atoms with E-state index in [2.05, 4.69) is 0 Å². The number of ether oxygens (including phenoxy) is 2. The Kier molecular flexibility index (Phi) is 4.80. The number of nitrogens with zero attached hydrogens (tertiary/aromatic N) is 1. The van der Waals surface area contributed by atoms with Gasteiger partial charge >= 0.3 is 5.97 Å². The maximum Gasteiger partial charge on any atom is 0.340 e. The highest BCUT2D eigenvalue weighted by Gasteiger charge is 2.23. The Bertz CT molecular complexity index is 987. The fraction of sp³-hybridized carbons (Fsp3) is 0.238. The maximum atomic E-state index is 12.9. The van der Waals surface area contributed by atoms with Crippen LogP contribution >= 0.6 is 0 Å². The van der Waals surface area contributed by atoms with Crippen molar-refractivity contribution in [3.8, 4) is 5.75 Å². The SMILES string of the molecule is COC(=O)c1cn(C(=O)[C@H](C)Oc2ccc(C)c(C)c2)c2ccccc12. The zero-order chi connectivity index (χ0) is 18.8. The summed E-state index contributed by atoms with van der Waals surface area (Å²) in [7, 11) is 1.32. The largest absolute Gasteiger partial charge is 0.481 e. The molecule has 0 amide bonds. The molecule has 134 valence electrons. The number of benzene rings is 2. The van der Waals surface area contributed by atoms with E-state index in [1.54, 1.807) is 19.1 Å². The lowest BCUT2D eigenvalue weighted by atomic mass is 10.1. The second kappa shape index (κ2) is 7.04. The topological polar surface area (TPSA) is 57.5 Å². The summed E-state index contributed by atoms with van der Waals surface area (Å²) in [5.74, 6) is -0.0938. The number of fused-ring (bicyclic) bond motifs is 1. The number of para-hydroxylation sites is 1. The van der Waals surface area contributed by atoms with E-state index in [0.717, 1.165) is 11.1 Å². The molecule has 0 fully saturated rings. The summed E-state index contributed by atoms with van der Waals surface area (Å²) in [5.41, 5.74) is 3.26. The molecule has 0 saturated heterocycles. The first-order valence-electron chi connectivity index (χ1n) is 8.39. The highest BCUT2D eigenvalue weighted by Crippen LogP contribution is 2.24. The lowest BCUT2D eigenvalue weighted by Crippen LogP contribution is -2.28. The minimum Gasteiger partial charge on any atom is -0.481 e. The first-order valence-corrected chi connectivity index (χ1v) is 8.39. The minimum atomic E-state index is -0.710. The van der Waals surface area contributed by atoms with Crippen LogP contribution < -0.4 is 4.74 Å². The zero-order valence-electron chi connectivity index (χ0n) is 15.3. The van der Waals surface area contributed by atoms with Gasteiger partial charge < -0.3 is 9.47 Å². The third kappa shape index (κ3) is 3.20. The molecule has 3 rings (SSSR count). The van der Waals surface area contributed by atoms with E-state index in [-0.39, 0.29) is 5.91 Å². The van der Waals surface area contributed by atoms with Gasteiger partial charge in [0.05, 0.1) is 18.2 Å². The molecule has 0 unspecified atom stereocenters. The predicted molar refractivity (Wildman–Crippen MR) is 99.9 cm³/mol. The van der Waals surface area contributed by atoms with Gasteiger partial charge in [-0.25, -0.2) is 4.79 Å². The normalized spacial score (nSPS) is 12.0. The van der Waals surface area contributed by atoms with Gasteiger partial charge in [-0.15, -0.1) is 0 Å². The summed E-state index contributed by atoms with van der Waals surface area (Å²) in [6, 6.07) is 12.9. The maximum absolute atomic E-state index is 12.9. The van der Waals surface area contributed by atoms with E-state index in [9.17, 15) is 9.59 Å². The van der Waals surface area contributed by atoms with Crippen LogP contribution in [0.1, 0.15) is 33.2 Å². The van der Waals surface area contributed by atoms with Crippen molar-refractivity contribution in [3.05, 3.63) is 65.4 Å². The van der Waals surface area contributed by atoms with E-state index in [0.29, 0.717) is 22.2 Å². The van der Waals surface area contributed by atoms with Crippen LogP contribution in [0.25, 0.3) is 10.9 Å². The van der Waals surface area contributed by atoms with Gasteiger partial charge in [-0.3, -0.25) is 9.36 Å². The number of carbonyl (C=O) groups is 2. The van der Waals surface area contributed by atoms with Gasteiger partial charge in [0, 0.05) is 11.6 Å². The van der Waals surface area contributed by atoms with Crippen molar-refractivity contribution in [1.29, 1.82) is 0 Å². The third-order valence-corrected chi connectivity index (χ3v) is 4.49. The Balaban J connectivity index is 1.94. The average Bonchev–Trinajstić information content (AvgIpc) is 3.03. The van der Waals surface area contributed by atoms with Crippen LogP contribution in [0.5, 0.6) is 5.75 Å². The van der Waals surface area contributed by atoms with Gasteiger partial charge in [0.1, 0.15) is 5.75 Å². The van der Waals surface area contributed by atoms with Crippen LogP contribution in [-0.4, -0.2) is 29.7 Å². The summed E-state index contributed by atoms with van der Waals surface area (Å²) >= 11 is 0. The highest BCUT2D eigenvalue weighted by atomic mass is 16.5. The molecule has 0 aliphatic rings. The van der Waals surface area contributed by atoms with Gasteiger partial charge in [-0.2, -0.15) is 0 Å². The van der Waals surface area contributed by atoms with Crippen molar-refractivity contribution in [1.82, 2.24) is 4.57 Å². The van der Waals surface area contributed by atoms with Crippen molar-refractivity contribution in [2.24, 2.45) is 0 Å². The van der Waals surface area contributed by atoms with Gasteiger partial charge in [0.2, 0.25) is 0 Å². The summed E-state index contributed by atoms with van der Waals surface area (Å²) < 4.78 is 12.1. The Morgan fingerprint density at radius 1 is 1.04 bits per heavy atom. The molecular weight excluding hydrogens is 330 g/mol. The van der Waals surface area contributed by atoms with Crippen LogP contribution in [0.4, 0.5) is 0 Å². The summed E-state index contributed by atoms with van der Waals surface area (Å²) in [6.45, 7) is 5.72. The number of rotatable bonds is 4. The number of aromatic nitrogens is 1. The molecule has 0 saturated carbocycles. The summed E-state index contributed by atoms with van der Waals surface area (Å²) in [4.78, 5) is 24.9. The lowest BCUT2D eigenvalue weighted by Gasteiger charge is -2.15. The number of hydrogen-bond acceptors (Lipinski definition) is 4. The number of aryl methyl sites for hydroxylation is 2. The molecule has 1 atom stereocenters. The van der Waals surface area contributed by atoms with Crippen molar-refractivity contribution < 1.29 is 19.1 Å². The standard InChI is InChI=1S/C21H21NO4/c1-13-9-10-16(11-14(13)2)26-15(3)20(23)22-12-18(21(24)25-4)17-7-5-6-8-19(17)22/h5-12,15H,1-4H3/t15-/m0/s1. The molecule has 1 heterocycles. The Labute approximate surface area is 152 Å². The van der Waals surface area contributed by atoms with Crippen LogP contribution in [-0.2, 0) is 4.74 Å². The first kappa shape index (κ1) is 17.7. The quantitative estimate of drug-likeness (QED) is 0.663. The second-order valence-corrected chi connectivity index (χ2v) is 6.27. The van der Waals surface area contributed by atoms with Crippen LogP contribution in [0, 0.1) is 13.8 Å². The molecule has 3 aromatic rings. The molecule has 5 nitrogen and oxygen atoms in total. The van der Waals surface area contributed by atoms with Crippen molar-refractivity contribution in [3.63, 3.8) is 0 Å². The van der Waals surface area contributed by atoms with Gasteiger partial charge in [0.25, 0.3) is 5.91 Å². The van der Waals surface area contributed by atoms with E-state index in [4.69, 9.17) is 9.47 Å². The predicted octanol–water partition coefficient (Wildman–Crippen LogP) is 4.15. The Morgan fingerprint density at radius 3 is 2.46 bits per heavy atom. The van der Waals surface area contributed by atoms with Gasteiger partial charge in [0.15, 0.2) is 6.10 Å². The number of esters is 1. The van der Waals surface area contributed by atoms with Gasteiger partial charge in [-0.1, -0.05) is 24.3 Å². The van der Waals surface area contributed by atoms with Gasteiger partial charge in [-0.05, 0) is 50.1 Å². The van der Waals surface area contributed by atoms with Crippen molar-refractivity contribution >= 4 is 22.8 Å². The second-order valence-electron chi connectivity index (χ2n) is 6.27. The Morgan fingerprint density at radius 2 is 1.77 bits per heavy atom. The number of methoxy groups -OCH3 is 1. The summed E-state index contributed by atoms with van der Waals surface area (Å²) in [5, 5.41) is 0.672. The molecule has 1 aromatic heterocycles. The average molecular weight is 351 g/mol. The molecule has 0 radical (unpaired) electrons. The first-order chi connectivity index (χ1) is 12.4. The molecule has 0 aliphatic heterocycles. The molecule has 0 N–H and O–H groups in total. The molecule has 26 heavy (non-hydrogen) atoms. The molecule has 2 aromatic carbocycles. The lowest BCUT2D eigenvalue weighted by molar-refractivity contribution is 0.0602. The monoisotopic (exact) mass is 351 g/mol. The highest BCUT2D eigenvalue weighted by molar-refractivity contribution is 6.07. The van der Waals surface area contributed by atoms with E-state index >= 15 is 0 Å². The number of carbonyl (C=O) groups excluding carboxylic acids is 2. The Hall–Kier alpha value is -3.08. The fourth-order valence-corrected chi connectivity index (χ4v) is 2.87. The number of hydrogen-bond donors (Lipinski definition) is 0. The third-order valence-electron chi connectivity index (χ3n) is 4.49. The molecule has 0 spiro atoms. The van der Waals surface area contributed by atoms with E-state index < -0.39 is 12.1 Å². The fourth-order valence-electron chi connectivity index (χ4n) is 2.87. The van der Waals surface area contributed by atoms with Crippen LogP contribution in [0.3, 0.4) is 0 Å². The smallest absolute Gasteiger partial charge is 0.340 e. The molecule has 0 bridgehead atoms. The molecule has 5 heteroatoms. The summed E-state index contributed by atoms with van der Waals surface area (Å²) in [6.07, 6.45) is 0.803. The molecule has 0 aliphatic carbocycles. The minimum absolute atomic E-state index is 0.255. The zero-order valence-corrected chi connectivity index (χ0v) is 15.3. The van der Waals surface area contributed by atoms with Crippen molar-refractivity contribution in [2.75, 3.05) is 7.11 Å². The van der Waals surface area contributed by atoms with E-state index in [1.165, 1.54) is 17.9 Å². The van der Waals surface area contributed by atoms with Crippen LogP contribution in [0.2, 0.25) is 0 Å². The van der Waals surface area contributed by atoms with E-state index in [1.807, 2.05) is 44.2 Å².